The van der Waals surface area contributed by atoms with Crippen LogP contribution >= 0.6 is 23.2 Å². The van der Waals surface area contributed by atoms with Crippen LogP contribution in [0, 0.1) is 0 Å². The summed E-state index contributed by atoms with van der Waals surface area (Å²) >= 11 is 11.9. The molecule has 2 aliphatic rings. The average Bonchev–Trinajstić information content (AvgIpc) is 3.17. The zero-order valence-electron chi connectivity index (χ0n) is 13.8. The number of carbonyl (C=O) groups is 1. The van der Waals surface area contributed by atoms with Crippen molar-refractivity contribution >= 4 is 38.9 Å². The molecule has 0 saturated carbocycles. The van der Waals surface area contributed by atoms with E-state index in [4.69, 9.17) is 27.9 Å². The molecule has 8 heteroatoms. The molecule has 0 radical (unpaired) electrons. The second-order valence-electron chi connectivity index (χ2n) is 6.66. The van der Waals surface area contributed by atoms with Crippen LogP contribution in [0.15, 0.2) is 18.2 Å². The lowest BCUT2D eigenvalue weighted by Crippen LogP contribution is -2.46. The summed E-state index contributed by atoms with van der Waals surface area (Å²) in [5, 5.41) is 0.844. The molecule has 0 aromatic heterocycles. The zero-order chi connectivity index (χ0) is 18.0. The summed E-state index contributed by atoms with van der Waals surface area (Å²) in [5.74, 6) is 0.0723. The lowest BCUT2D eigenvalue weighted by atomic mass is 10.1. The van der Waals surface area contributed by atoms with Crippen LogP contribution in [0.3, 0.4) is 0 Å². The van der Waals surface area contributed by atoms with Gasteiger partial charge in [0.1, 0.15) is 0 Å². The second kappa shape index (κ2) is 7.82. The van der Waals surface area contributed by atoms with E-state index in [9.17, 15) is 13.2 Å². The van der Waals surface area contributed by atoms with Crippen molar-refractivity contribution in [2.45, 2.75) is 37.8 Å². The molecule has 5 nitrogen and oxygen atoms in total. The zero-order valence-corrected chi connectivity index (χ0v) is 16.1. The Morgan fingerprint density at radius 3 is 2.64 bits per heavy atom. The molecule has 138 valence electrons. The number of hydrogen-bond acceptors (Lipinski definition) is 4. The molecule has 0 N–H and O–H groups in total. The molecule has 2 fully saturated rings. The molecule has 2 saturated heterocycles. The van der Waals surface area contributed by atoms with Crippen LogP contribution < -0.4 is 0 Å². The molecule has 3 rings (SSSR count). The van der Waals surface area contributed by atoms with Gasteiger partial charge in [-0.05, 0) is 37.0 Å². The minimum Gasteiger partial charge on any atom is -0.376 e. The number of benzene rings is 1. The predicted molar refractivity (Wildman–Crippen MR) is 97.9 cm³/mol. The van der Waals surface area contributed by atoms with Crippen molar-refractivity contribution in [2.24, 2.45) is 0 Å². The van der Waals surface area contributed by atoms with E-state index in [1.165, 1.54) is 0 Å². The molecule has 0 aliphatic carbocycles. The Kier molecular flexibility index (Phi) is 5.93. The van der Waals surface area contributed by atoms with Gasteiger partial charge in [0.15, 0.2) is 9.84 Å². The molecule has 2 heterocycles. The number of halogens is 2. The highest BCUT2D eigenvalue weighted by molar-refractivity contribution is 7.91. The maximum atomic E-state index is 12.9. The van der Waals surface area contributed by atoms with E-state index < -0.39 is 9.84 Å². The molecule has 25 heavy (non-hydrogen) atoms. The molecule has 0 unspecified atom stereocenters. The molecule has 2 atom stereocenters. The molecular weight excluding hydrogens is 385 g/mol. The van der Waals surface area contributed by atoms with Crippen molar-refractivity contribution < 1.29 is 17.9 Å². The Hall–Kier alpha value is -0.820. The Labute approximate surface area is 158 Å². The fourth-order valence-corrected chi connectivity index (χ4v) is 5.46. The first-order valence-electron chi connectivity index (χ1n) is 8.39. The van der Waals surface area contributed by atoms with Gasteiger partial charge in [-0.3, -0.25) is 4.79 Å². The number of rotatable bonds is 5. The van der Waals surface area contributed by atoms with Gasteiger partial charge < -0.3 is 9.64 Å². The lowest BCUT2D eigenvalue weighted by molar-refractivity contribution is -0.134. The van der Waals surface area contributed by atoms with E-state index >= 15 is 0 Å². The lowest BCUT2D eigenvalue weighted by Gasteiger charge is -2.30. The van der Waals surface area contributed by atoms with E-state index in [-0.39, 0.29) is 36.0 Å². The van der Waals surface area contributed by atoms with Crippen LogP contribution in [0.1, 0.15) is 24.8 Å². The number of hydrogen-bond donors (Lipinski definition) is 0. The molecular formula is C17H21Cl2NO4S. The van der Waals surface area contributed by atoms with Crippen LogP contribution in [-0.2, 0) is 25.8 Å². The van der Waals surface area contributed by atoms with Crippen molar-refractivity contribution in [3.63, 3.8) is 0 Å². The third kappa shape index (κ3) is 4.88. The van der Waals surface area contributed by atoms with Gasteiger partial charge in [0.2, 0.25) is 5.91 Å². The van der Waals surface area contributed by atoms with Gasteiger partial charge in [0.25, 0.3) is 0 Å². The monoisotopic (exact) mass is 405 g/mol. The SMILES string of the molecule is O=C(Cc1ccc(Cl)c(Cl)c1)N(C[C@@H]1CCCO1)[C@@H]1CCS(=O)(=O)C1. The Morgan fingerprint density at radius 1 is 1.24 bits per heavy atom. The number of ether oxygens (including phenoxy) is 1. The molecule has 0 spiro atoms. The Bertz CT molecular complexity index is 747. The number of sulfone groups is 1. The van der Waals surface area contributed by atoms with Crippen LogP contribution in [-0.4, -0.2) is 56.0 Å². The van der Waals surface area contributed by atoms with Gasteiger partial charge in [-0.25, -0.2) is 8.42 Å². The summed E-state index contributed by atoms with van der Waals surface area (Å²) in [6, 6.07) is 4.83. The summed E-state index contributed by atoms with van der Waals surface area (Å²) in [4.78, 5) is 14.6. The van der Waals surface area contributed by atoms with E-state index in [0.29, 0.717) is 29.6 Å². The second-order valence-corrected chi connectivity index (χ2v) is 9.71. The summed E-state index contributed by atoms with van der Waals surface area (Å²) in [5.41, 5.74) is 0.762. The van der Waals surface area contributed by atoms with Gasteiger partial charge in [0, 0.05) is 19.2 Å². The number of amides is 1. The van der Waals surface area contributed by atoms with E-state index in [0.717, 1.165) is 18.4 Å². The smallest absolute Gasteiger partial charge is 0.227 e. The molecule has 1 aromatic rings. The third-order valence-corrected chi connectivity index (χ3v) is 7.22. The Balaban J connectivity index is 1.74. The minimum absolute atomic E-state index is 0.0129. The Morgan fingerprint density at radius 2 is 2.04 bits per heavy atom. The third-order valence-electron chi connectivity index (χ3n) is 4.73. The standard InChI is InChI=1S/C17H21Cl2NO4S/c18-15-4-3-12(8-16(15)19)9-17(21)20(10-14-2-1-6-24-14)13-5-7-25(22,23)11-13/h3-4,8,13-14H,1-2,5-7,9-11H2/t13-,14+/m1/s1. The fourth-order valence-electron chi connectivity index (χ4n) is 3.41. The summed E-state index contributed by atoms with van der Waals surface area (Å²) in [6.07, 6.45) is 2.52. The van der Waals surface area contributed by atoms with Crippen molar-refractivity contribution in [2.75, 3.05) is 24.7 Å². The maximum Gasteiger partial charge on any atom is 0.227 e. The number of nitrogens with zero attached hydrogens (tertiary/aromatic N) is 1. The van der Waals surface area contributed by atoms with Crippen LogP contribution in [0.5, 0.6) is 0 Å². The highest BCUT2D eigenvalue weighted by Gasteiger charge is 2.36. The van der Waals surface area contributed by atoms with Gasteiger partial charge in [-0.1, -0.05) is 29.3 Å². The topological polar surface area (TPSA) is 63.7 Å². The highest BCUT2D eigenvalue weighted by atomic mass is 35.5. The largest absolute Gasteiger partial charge is 0.376 e. The summed E-state index contributed by atoms with van der Waals surface area (Å²) < 4.78 is 29.3. The van der Waals surface area contributed by atoms with Crippen molar-refractivity contribution in [1.82, 2.24) is 4.90 Å². The van der Waals surface area contributed by atoms with Crippen LogP contribution in [0.4, 0.5) is 0 Å². The minimum atomic E-state index is -3.07. The van der Waals surface area contributed by atoms with E-state index in [1.807, 2.05) is 0 Å². The van der Waals surface area contributed by atoms with Crippen LogP contribution in [0.2, 0.25) is 10.0 Å². The maximum absolute atomic E-state index is 12.9. The molecule has 2 aliphatic heterocycles. The average molecular weight is 406 g/mol. The van der Waals surface area contributed by atoms with Crippen molar-refractivity contribution in [3.05, 3.63) is 33.8 Å². The first-order valence-corrected chi connectivity index (χ1v) is 11.0. The molecule has 1 amide bonds. The first-order chi connectivity index (χ1) is 11.8. The fraction of sp³-hybridized carbons (Fsp3) is 0.588. The van der Waals surface area contributed by atoms with E-state index in [2.05, 4.69) is 0 Å². The normalized spacial score (nSPS) is 25.2. The van der Waals surface area contributed by atoms with Gasteiger partial charge in [-0.2, -0.15) is 0 Å². The quantitative estimate of drug-likeness (QED) is 0.755. The number of carbonyl (C=O) groups excluding carboxylic acids is 1. The first kappa shape index (κ1) is 19.0. The molecule has 1 aromatic carbocycles. The predicted octanol–water partition coefficient (Wildman–Crippen LogP) is 2.73. The van der Waals surface area contributed by atoms with Gasteiger partial charge in [-0.15, -0.1) is 0 Å². The highest BCUT2D eigenvalue weighted by Crippen LogP contribution is 2.25. The summed E-state index contributed by atoms with van der Waals surface area (Å²) in [6.45, 7) is 1.14. The van der Waals surface area contributed by atoms with Crippen molar-refractivity contribution in [3.8, 4) is 0 Å². The van der Waals surface area contributed by atoms with Gasteiger partial charge >= 0.3 is 0 Å². The molecule has 0 bridgehead atoms. The van der Waals surface area contributed by atoms with Gasteiger partial charge in [0.05, 0.1) is 34.1 Å². The van der Waals surface area contributed by atoms with Crippen LogP contribution in [0.25, 0.3) is 0 Å². The summed E-state index contributed by atoms with van der Waals surface area (Å²) in [7, 11) is -3.07. The van der Waals surface area contributed by atoms with Crippen molar-refractivity contribution in [1.29, 1.82) is 0 Å². The van der Waals surface area contributed by atoms with E-state index in [1.54, 1.807) is 23.1 Å².